The average Bonchev–Trinajstić information content (AvgIpc) is 3.05. The number of esters is 1. The van der Waals surface area contributed by atoms with Gasteiger partial charge in [0.2, 0.25) is 5.91 Å². The monoisotopic (exact) mass is 381 g/mol. The van der Waals surface area contributed by atoms with E-state index in [-0.39, 0.29) is 30.8 Å². The molecule has 2 aliphatic heterocycles. The fourth-order valence-corrected chi connectivity index (χ4v) is 3.92. The zero-order chi connectivity index (χ0) is 19.1. The maximum atomic E-state index is 13.0. The van der Waals surface area contributed by atoms with Gasteiger partial charge in [-0.1, -0.05) is 48.9 Å². The lowest BCUT2D eigenvalue weighted by Gasteiger charge is -2.32. The molecule has 0 fully saturated rings. The number of amides is 1. The van der Waals surface area contributed by atoms with Crippen LogP contribution in [-0.4, -0.2) is 18.5 Å². The quantitative estimate of drug-likeness (QED) is 0.733. The summed E-state index contributed by atoms with van der Waals surface area (Å²) in [6.45, 7) is 4.11. The highest BCUT2D eigenvalue weighted by Crippen LogP contribution is 2.42. The lowest BCUT2D eigenvalue weighted by atomic mass is 9.83. The largest absolute Gasteiger partial charge is 0.456 e. The van der Waals surface area contributed by atoms with E-state index in [2.05, 4.69) is 6.92 Å². The second-order valence-corrected chi connectivity index (χ2v) is 7.36. The summed E-state index contributed by atoms with van der Waals surface area (Å²) >= 11 is 6.25. The van der Waals surface area contributed by atoms with Crippen LogP contribution in [0.25, 0.3) is 0 Å². The number of hydrogen-bond acceptors (Lipinski definition) is 3. The minimum atomic E-state index is -0.342. The van der Waals surface area contributed by atoms with Crippen molar-refractivity contribution in [2.75, 3.05) is 11.5 Å². The van der Waals surface area contributed by atoms with Crippen LogP contribution in [0.4, 0.5) is 5.69 Å². The van der Waals surface area contributed by atoms with Crippen molar-refractivity contribution in [3.05, 3.63) is 75.4 Å². The molecule has 1 unspecified atom stereocenters. The summed E-state index contributed by atoms with van der Waals surface area (Å²) in [7, 11) is 0. The summed E-state index contributed by atoms with van der Waals surface area (Å²) in [5, 5.41) is 0.588. The van der Waals surface area contributed by atoms with Crippen molar-refractivity contribution < 1.29 is 14.3 Å². The fraction of sp³-hybridized carbons (Fsp3) is 0.273. The fourth-order valence-electron chi connectivity index (χ4n) is 3.74. The predicted molar refractivity (Wildman–Crippen MR) is 105 cm³/mol. The molecule has 0 aromatic heterocycles. The van der Waals surface area contributed by atoms with Crippen LogP contribution < -0.4 is 4.90 Å². The van der Waals surface area contributed by atoms with E-state index in [9.17, 15) is 9.59 Å². The Morgan fingerprint density at radius 3 is 2.56 bits per heavy atom. The number of nitrogens with zero attached hydrogens (tertiary/aromatic N) is 1. The third-order valence-electron chi connectivity index (χ3n) is 5.32. The van der Waals surface area contributed by atoms with E-state index in [1.54, 1.807) is 11.0 Å². The highest BCUT2D eigenvalue weighted by Gasteiger charge is 2.42. The topological polar surface area (TPSA) is 46.6 Å². The number of rotatable bonds is 3. The summed E-state index contributed by atoms with van der Waals surface area (Å²) in [4.78, 5) is 27.1. The maximum Gasteiger partial charge on any atom is 0.336 e. The second kappa shape index (κ2) is 6.86. The smallest absolute Gasteiger partial charge is 0.336 e. The Labute approximate surface area is 163 Å². The predicted octanol–water partition coefficient (Wildman–Crippen LogP) is 4.54. The molecule has 0 radical (unpaired) electrons. The van der Waals surface area contributed by atoms with E-state index in [1.165, 1.54) is 5.56 Å². The van der Waals surface area contributed by atoms with Crippen LogP contribution in [0.3, 0.4) is 0 Å². The molecule has 0 aliphatic carbocycles. The highest BCUT2D eigenvalue weighted by molar-refractivity contribution is 6.31. The van der Waals surface area contributed by atoms with E-state index < -0.39 is 0 Å². The summed E-state index contributed by atoms with van der Waals surface area (Å²) in [6.07, 6.45) is 1.17. The van der Waals surface area contributed by atoms with Crippen LogP contribution in [-0.2, 0) is 20.7 Å². The molecule has 0 N–H and O–H groups in total. The molecule has 2 aromatic carbocycles. The molecule has 0 spiro atoms. The van der Waals surface area contributed by atoms with Crippen LogP contribution in [0.2, 0.25) is 5.02 Å². The van der Waals surface area contributed by atoms with Gasteiger partial charge in [0.05, 0.1) is 17.0 Å². The van der Waals surface area contributed by atoms with Gasteiger partial charge in [0.1, 0.15) is 6.61 Å². The Balaban J connectivity index is 1.79. The zero-order valence-corrected chi connectivity index (χ0v) is 16.0. The van der Waals surface area contributed by atoms with Gasteiger partial charge in [0, 0.05) is 17.4 Å². The number of cyclic esters (lactones) is 1. The van der Waals surface area contributed by atoms with Gasteiger partial charge in [-0.05, 0) is 42.2 Å². The van der Waals surface area contributed by atoms with Crippen LogP contribution in [0.1, 0.15) is 36.0 Å². The van der Waals surface area contributed by atoms with E-state index in [4.69, 9.17) is 16.3 Å². The van der Waals surface area contributed by atoms with Crippen molar-refractivity contribution in [3.8, 4) is 0 Å². The molecule has 2 aliphatic rings. The van der Waals surface area contributed by atoms with Crippen LogP contribution in [0.5, 0.6) is 0 Å². The number of halogens is 1. The van der Waals surface area contributed by atoms with Crippen LogP contribution in [0, 0.1) is 6.92 Å². The minimum absolute atomic E-state index is 0.0588. The summed E-state index contributed by atoms with van der Waals surface area (Å²) < 4.78 is 5.31. The van der Waals surface area contributed by atoms with Crippen LogP contribution in [0.15, 0.2) is 53.7 Å². The summed E-state index contributed by atoms with van der Waals surface area (Å²) in [5.41, 5.74) is 5.00. The van der Waals surface area contributed by atoms with Gasteiger partial charge in [-0.15, -0.1) is 0 Å². The maximum absolute atomic E-state index is 13.0. The van der Waals surface area contributed by atoms with Crippen molar-refractivity contribution >= 4 is 29.2 Å². The Kier molecular flexibility index (Phi) is 4.52. The van der Waals surface area contributed by atoms with Gasteiger partial charge in [0.25, 0.3) is 0 Å². The van der Waals surface area contributed by atoms with Gasteiger partial charge in [-0.3, -0.25) is 9.69 Å². The molecule has 2 heterocycles. The Hall–Kier alpha value is -2.59. The van der Waals surface area contributed by atoms with Crippen molar-refractivity contribution in [1.29, 1.82) is 0 Å². The van der Waals surface area contributed by atoms with Gasteiger partial charge in [-0.2, -0.15) is 0 Å². The number of anilines is 1. The third kappa shape index (κ3) is 3.04. The third-order valence-corrected chi connectivity index (χ3v) is 5.73. The van der Waals surface area contributed by atoms with E-state index in [0.717, 1.165) is 17.5 Å². The van der Waals surface area contributed by atoms with Gasteiger partial charge in [0.15, 0.2) is 0 Å². The van der Waals surface area contributed by atoms with Crippen molar-refractivity contribution in [3.63, 3.8) is 0 Å². The number of benzene rings is 2. The SMILES string of the molecule is CCc1ccc(C2CC(=O)N(c3ccc(C)c(Cl)c3)C3=C2C(=O)OC3)cc1. The van der Waals surface area contributed by atoms with Crippen molar-refractivity contribution in [2.24, 2.45) is 0 Å². The number of aryl methyl sites for hydroxylation is 2. The molecule has 1 amide bonds. The molecule has 0 saturated carbocycles. The number of ether oxygens (including phenoxy) is 1. The molecule has 138 valence electrons. The lowest BCUT2D eigenvalue weighted by molar-refractivity contribution is -0.136. The zero-order valence-electron chi connectivity index (χ0n) is 15.3. The van der Waals surface area contributed by atoms with Crippen molar-refractivity contribution in [2.45, 2.75) is 32.6 Å². The molecule has 2 aromatic rings. The number of carbonyl (C=O) groups is 2. The molecule has 1 atom stereocenters. The van der Waals surface area contributed by atoms with Crippen LogP contribution >= 0.6 is 11.6 Å². The number of carbonyl (C=O) groups excluding carboxylic acids is 2. The molecule has 4 nitrogen and oxygen atoms in total. The molecule has 0 saturated heterocycles. The molecule has 27 heavy (non-hydrogen) atoms. The first-order chi connectivity index (χ1) is 13.0. The van der Waals surface area contributed by atoms with E-state index >= 15 is 0 Å². The van der Waals surface area contributed by atoms with E-state index in [1.807, 2.05) is 43.3 Å². The second-order valence-electron chi connectivity index (χ2n) is 6.95. The van der Waals surface area contributed by atoms with Gasteiger partial charge >= 0.3 is 5.97 Å². The first-order valence-electron chi connectivity index (χ1n) is 9.07. The Morgan fingerprint density at radius 2 is 1.89 bits per heavy atom. The average molecular weight is 382 g/mol. The molecule has 5 heteroatoms. The molecule has 4 rings (SSSR count). The molecule has 0 bridgehead atoms. The first kappa shape index (κ1) is 17.8. The lowest BCUT2D eigenvalue weighted by Crippen LogP contribution is -2.37. The molecular formula is C22H20ClNO3. The van der Waals surface area contributed by atoms with Crippen molar-refractivity contribution in [1.82, 2.24) is 0 Å². The molecular weight excluding hydrogens is 362 g/mol. The standard InChI is InChI=1S/C22H20ClNO3/c1-3-14-5-7-15(8-6-14)17-11-20(25)24(19-12-27-22(26)21(17)19)16-9-4-13(2)18(23)10-16/h4-10,17H,3,11-12H2,1-2H3. The minimum Gasteiger partial charge on any atom is -0.456 e. The Bertz CT molecular complexity index is 962. The van der Waals surface area contributed by atoms with Gasteiger partial charge in [-0.25, -0.2) is 4.79 Å². The first-order valence-corrected chi connectivity index (χ1v) is 9.45. The normalized spacial score (nSPS) is 19.4. The summed E-state index contributed by atoms with van der Waals surface area (Å²) in [6, 6.07) is 13.6. The highest BCUT2D eigenvalue weighted by atomic mass is 35.5. The summed E-state index contributed by atoms with van der Waals surface area (Å²) in [5.74, 6) is -0.674. The number of hydrogen-bond donors (Lipinski definition) is 0. The van der Waals surface area contributed by atoms with E-state index in [0.29, 0.717) is 22.0 Å². The Morgan fingerprint density at radius 1 is 1.15 bits per heavy atom. The van der Waals surface area contributed by atoms with Gasteiger partial charge < -0.3 is 4.74 Å².